The molecular weight excluding hydrogens is 407 g/mol. The van der Waals surface area contributed by atoms with Gasteiger partial charge in [0.05, 0.1) is 11.6 Å². The van der Waals surface area contributed by atoms with E-state index in [0.717, 1.165) is 43.2 Å². The predicted molar refractivity (Wildman–Crippen MR) is 116 cm³/mol. The lowest BCUT2D eigenvalue weighted by Gasteiger charge is -2.38. The first kappa shape index (κ1) is 20.1. The third kappa shape index (κ3) is 3.72. The van der Waals surface area contributed by atoms with Gasteiger partial charge in [-0.1, -0.05) is 53.9 Å². The Kier molecular flexibility index (Phi) is 5.50. The molecule has 4 nitrogen and oxygen atoms in total. The van der Waals surface area contributed by atoms with Gasteiger partial charge in [0.2, 0.25) is 0 Å². The van der Waals surface area contributed by atoms with Gasteiger partial charge in [-0.25, -0.2) is 0 Å². The van der Waals surface area contributed by atoms with Crippen LogP contribution in [0, 0.1) is 6.92 Å². The molecule has 4 rings (SSSR count). The summed E-state index contributed by atoms with van der Waals surface area (Å²) < 4.78 is 0. The molecule has 0 aromatic heterocycles. The molecule has 2 aromatic carbocycles. The molecule has 0 atom stereocenters. The number of nitrogens with zero attached hydrogens (tertiary/aromatic N) is 2. The van der Waals surface area contributed by atoms with Gasteiger partial charge in [-0.2, -0.15) is 0 Å². The minimum Gasteiger partial charge on any atom is -0.305 e. The van der Waals surface area contributed by atoms with Crippen LogP contribution in [0.2, 0.25) is 10.0 Å². The number of Topliss-reactive ketones (excluding diaryl/α,β-unsaturated/α-hetero) is 1. The summed E-state index contributed by atoms with van der Waals surface area (Å²) in [5.41, 5.74) is 1.79. The molecule has 1 fully saturated rings. The summed E-state index contributed by atoms with van der Waals surface area (Å²) in [7, 11) is 0. The Hall–Kier alpha value is -2.17. The molecule has 0 unspecified atom stereocenters. The molecule has 29 heavy (non-hydrogen) atoms. The molecule has 0 radical (unpaired) electrons. The van der Waals surface area contributed by atoms with Crippen molar-refractivity contribution in [1.82, 2.24) is 4.90 Å². The second-order valence-electron chi connectivity index (χ2n) is 7.76. The van der Waals surface area contributed by atoms with Gasteiger partial charge in [0.15, 0.2) is 5.78 Å². The lowest BCUT2D eigenvalue weighted by molar-refractivity contribution is -0.128. The number of amides is 1. The van der Waals surface area contributed by atoms with Gasteiger partial charge < -0.3 is 4.90 Å². The van der Waals surface area contributed by atoms with E-state index in [1.807, 2.05) is 19.1 Å². The first-order valence-corrected chi connectivity index (χ1v) is 10.6. The Morgan fingerprint density at radius 3 is 2.45 bits per heavy atom. The van der Waals surface area contributed by atoms with E-state index in [4.69, 9.17) is 28.2 Å². The predicted octanol–water partition coefficient (Wildman–Crippen LogP) is 5.48. The van der Waals surface area contributed by atoms with Crippen molar-refractivity contribution >= 4 is 40.6 Å². The maximum absolute atomic E-state index is 13.4. The van der Waals surface area contributed by atoms with Crippen LogP contribution in [0.3, 0.4) is 0 Å². The summed E-state index contributed by atoms with van der Waals surface area (Å²) in [5, 5.41) is 1.05. The van der Waals surface area contributed by atoms with E-state index in [-0.39, 0.29) is 18.2 Å². The maximum atomic E-state index is 13.4. The number of aliphatic imine (C=N–C) groups is 1. The summed E-state index contributed by atoms with van der Waals surface area (Å²) in [6, 6.07) is 12.5. The highest BCUT2D eigenvalue weighted by molar-refractivity contribution is 6.47. The fourth-order valence-corrected chi connectivity index (χ4v) is 4.60. The Morgan fingerprint density at radius 2 is 1.76 bits per heavy atom. The minimum absolute atomic E-state index is 0.0252. The van der Waals surface area contributed by atoms with E-state index in [1.54, 1.807) is 35.2 Å². The van der Waals surface area contributed by atoms with Crippen molar-refractivity contribution in [2.45, 2.75) is 44.7 Å². The molecule has 6 heteroatoms. The Morgan fingerprint density at radius 1 is 1.07 bits per heavy atom. The van der Waals surface area contributed by atoms with Gasteiger partial charge in [0, 0.05) is 16.1 Å². The Bertz CT molecular complexity index is 992. The Balaban J connectivity index is 1.68. The summed E-state index contributed by atoms with van der Waals surface area (Å²) in [6.07, 6.45) is 4.63. The van der Waals surface area contributed by atoms with Gasteiger partial charge in [-0.05, 0) is 56.4 Å². The molecule has 0 N–H and O–H groups in total. The summed E-state index contributed by atoms with van der Waals surface area (Å²) in [5.74, 6) is -0.365. The highest BCUT2D eigenvalue weighted by Gasteiger charge is 2.48. The third-order valence-electron chi connectivity index (χ3n) is 5.84. The van der Waals surface area contributed by atoms with Crippen molar-refractivity contribution in [3.63, 3.8) is 0 Å². The highest BCUT2D eigenvalue weighted by Crippen LogP contribution is 2.40. The smallest absolute Gasteiger partial charge is 0.275 e. The second-order valence-corrected chi connectivity index (χ2v) is 8.58. The SMILES string of the molecule is Cc1cccc(C(=O)CN2C(=O)C(c3ccc(Cl)cc3)=NC23CCCCC3)c1Cl. The van der Waals surface area contributed by atoms with E-state index in [9.17, 15) is 9.59 Å². The number of rotatable bonds is 4. The summed E-state index contributed by atoms with van der Waals surface area (Å²) >= 11 is 12.4. The monoisotopic (exact) mass is 428 g/mol. The van der Waals surface area contributed by atoms with E-state index in [0.29, 0.717) is 21.3 Å². The van der Waals surface area contributed by atoms with E-state index in [2.05, 4.69) is 0 Å². The lowest BCUT2D eigenvalue weighted by Crippen LogP contribution is -2.50. The van der Waals surface area contributed by atoms with Gasteiger partial charge in [-0.3, -0.25) is 14.6 Å². The number of hydrogen-bond donors (Lipinski definition) is 0. The van der Waals surface area contributed by atoms with Crippen molar-refractivity contribution in [2.24, 2.45) is 4.99 Å². The number of carbonyl (C=O) groups excluding carboxylic acids is 2. The standard InChI is InChI=1S/C23H22Cl2N2O2/c1-15-6-5-7-18(20(15)25)19(28)14-27-22(29)21(16-8-10-17(24)11-9-16)26-23(27)12-3-2-4-13-23/h5-11H,2-4,12-14H2,1H3. The average molecular weight is 429 g/mol. The molecule has 1 amide bonds. The quantitative estimate of drug-likeness (QED) is 0.605. The highest BCUT2D eigenvalue weighted by atomic mass is 35.5. The fraction of sp³-hybridized carbons (Fsp3) is 0.348. The van der Waals surface area contributed by atoms with Gasteiger partial charge in [-0.15, -0.1) is 0 Å². The average Bonchev–Trinajstić information content (AvgIpc) is 2.97. The van der Waals surface area contributed by atoms with Crippen LogP contribution in [0.4, 0.5) is 0 Å². The van der Waals surface area contributed by atoms with Crippen LogP contribution in [0.5, 0.6) is 0 Å². The molecule has 1 aliphatic carbocycles. The number of benzene rings is 2. The molecule has 1 spiro atoms. The zero-order valence-corrected chi connectivity index (χ0v) is 17.8. The maximum Gasteiger partial charge on any atom is 0.275 e. The molecule has 1 aliphatic heterocycles. The minimum atomic E-state index is -0.643. The largest absolute Gasteiger partial charge is 0.305 e. The van der Waals surface area contributed by atoms with Crippen molar-refractivity contribution in [3.8, 4) is 0 Å². The molecule has 1 heterocycles. The summed E-state index contributed by atoms with van der Waals surface area (Å²) in [4.78, 5) is 33.0. The normalized spacial score (nSPS) is 18.2. The molecule has 0 bridgehead atoms. The van der Waals surface area contributed by atoms with Gasteiger partial charge in [0.25, 0.3) is 5.91 Å². The first-order valence-electron chi connectivity index (χ1n) is 9.87. The van der Waals surface area contributed by atoms with Crippen molar-refractivity contribution in [3.05, 3.63) is 69.2 Å². The van der Waals surface area contributed by atoms with E-state index in [1.165, 1.54) is 0 Å². The number of carbonyl (C=O) groups is 2. The topological polar surface area (TPSA) is 49.7 Å². The van der Waals surface area contributed by atoms with Crippen molar-refractivity contribution in [1.29, 1.82) is 0 Å². The fourth-order valence-electron chi connectivity index (χ4n) is 4.24. The van der Waals surface area contributed by atoms with Crippen LogP contribution in [0.1, 0.15) is 53.6 Å². The number of aryl methyl sites for hydroxylation is 1. The van der Waals surface area contributed by atoms with Gasteiger partial charge >= 0.3 is 0 Å². The first-order chi connectivity index (χ1) is 13.9. The Labute approximate surface area is 180 Å². The zero-order valence-electron chi connectivity index (χ0n) is 16.3. The number of ketones is 1. The molecular formula is C23H22Cl2N2O2. The van der Waals surface area contributed by atoms with Crippen molar-refractivity contribution in [2.75, 3.05) is 6.54 Å². The zero-order chi connectivity index (χ0) is 20.6. The van der Waals surface area contributed by atoms with E-state index < -0.39 is 5.66 Å². The molecule has 2 aliphatic rings. The summed E-state index contributed by atoms with van der Waals surface area (Å²) in [6.45, 7) is 1.84. The van der Waals surface area contributed by atoms with Crippen molar-refractivity contribution < 1.29 is 9.59 Å². The molecule has 0 saturated heterocycles. The lowest BCUT2D eigenvalue weighted by atomic mass is 9.88. The van der Waals surface area contributed by atoms with Crippen LogP contribution in [-0.2, 0) is 4.79 Å². The van der Waals surface area contributed by atoms with Crippen LogP contribution in [0.15, 0.2) is 47.5 Å². The third-order valence-corrected chi connectivity index (χ3v) is 6.59. The molecule has 150 valence electrons. The van der Waals surface area contributed by atoms with Crippen LogP contribution in [-0.4, -0.2) is 34.5 Å². The number of halogens is 2. The molecule has 2 aromatic rings. The van der Waals surface area contributed by atoms with Crippen LogP contribution in [0.25, 0.3) is 0 Å². The van der Waals surface area contributed by atoms with Gasteiger partial charge in [0.1, 0.15) is 11.4 Å². The molecule has 1 saturated carbocycles. The second kappa shape index (κ2) is 7.92. The van der Waals surface area contributed by atoms with Crippen LogP contribution < -0.4 is 0 Å². The van der Waals surface area contributed by atoms with Crippen LogP contribution >= 0.6 is 23.2 Å². The number of hydrogen-bond acceptors (Lipinski definition) is 3. The van der Waals surface area contributed by atoms with E-state index >= 15 is 0 Å².